The van der Waals surface area contributed by atoms with Crippen LogP contribution in [0.4, 0.5) is 5.69 Å². The molecule has 0 atom stereocenters. The third kappa shape index (κ3) is 3.39. The molecule has 0 aliphatic carbocycles. The zero-order chi connectivity index (χ0) is 13.2. The Kier molecular flexibility index (Phi) is 4.89. The van der Waals surface area contributed by atoms with Crippen molar-refractivity contribution in [1.82, 2.24) is 4.98 Å². The quantitative estimate of drug-likeness (QED) is 0.684. The molecule has 17 heavy (non-hydrogen) atoms. The van der Waals surface area contributed by atoms with Crippen molar-refractivity contribution >= 4 is 58.1 Å². The molecule has 0 bridgehead atoms. The standard InChI is InChI=1S/C9H6Cl4N2O2/c1-3(10)2-17-9(16)7-4(11)6(14)5(12)8(13)15-7/h1-2H2,(H2,14,15). The zero-order valence-electron chi connectivity index (χ0n) is 8.27. The molecule has 0 saturated heterocycles. The van der Waals surface area contributed by atoms with Crippen LogP contribution in [-0.4, -0.2) is 17.6 Å². The molecule has 8 heteroatoms. The fourth-order valence-electron chi connectivity index (χ4n) is 0.879. The van der Waals surface area contributed by atoms with Gasteiger partial charge in [0, 0.05) is 5.03 Å². The van der Waals surface area contributed by atoms with E-state index in [1.54, 1.807) is 0 Å². The van der Waals surface area contributed by atoms with Crippen molar-refractivity contribution in [2.75, 3.05) is 12.3 Å². The third-order valence-electron chi connectivity index (χ3n) is 1.63. The Morgan fingerprint density at radius 2 is 1.94 bits per heavy atom. The van der Waals surface area contributed by atoms with E-state index < -0.39 is 5.97 Å². The van der Waals surface area contributed by atoms with Gasteiger partial charge in [0.25, 0.3) is 0 Å². The monoisotopic (exact) mass is 314 g/mol. The number of carbonyl (C=O) groups is 1. The first kappa shape index (κ1) is 14.4. The van der Waals surface area contributed by atoms with Crippen molar-refractivity contribution in [2.24, 2.45) is 0 Å². The number of nitrogens with zero attached hydrogens (tertiary/aromatic N) is 1. The molecule has 1 heterocycles. The lowest BCUT2D eigenvalue weighted by atomic mass is 10.3. The van der Waals surface area contributed by atoms with Gasteiger partial charge in [-0.2, -0.15) is 0 Å². The molecule has 1 aromatic heterocycles. The largest absolute Gasteiger partial charge is 0.455 e. The second kappa shape index (κ2) is 5.78. The van der Waals surface area contributed by atoms with Gasteiger partial charge < -0.3 is 10.5 Å². The Labute approximate surface area is 117 Å². The average Bonchev–Trinajstić information content (AvgIpc) is 2.28. The molecule has 0 saturated carbocycles. The number of anilines is 1. The molecular weight excluding hydrogens is 310 g/mol. The summed E-state index contributed by atoms with van der Waals surface area (Å²) in [5, 5.41) is -0.118. The predicted octanol–water partition coefficient (Wildman–Crippen LogP) is 3.53. The highest BCUT2D eigenvalue weighted by molar-refractivity contribution is 6.46. The summed E-state index contributed by atoms with van der Waals surface area (Å²) in [5.74, 6) is -0.818. The van der Waals surface area contributed by atoms with Gasteiger partial charge in [-0.3, -0.25) is 0 Å². The highest BCUT2D eigenvalue weighted by atomic mass is 35.5. The summed E-state index contributed by atoms with van der Waals surface area (Å²) in [4.78, 5) is 15.2. The van der Waals surface area contributed by atoms with E-state index in [1.807, 2.05) is 0 Å². The van der Waals surface area contributed by atoms with Gasteiger partial charge in [0.15, 0.2) is 10.8 Å². The van der Waals surface area contributed by atoms with Crippen LogP contribution in [0.3, 0.4) is 0 Å². The number of carbonyl (C=O) groups excluding carboxylic acids is 1. The van der Waals surface area contributed by atoms with Gasteiger partial charge in [-0.1, -0.05) is 53.0 Å². The summed E-state index contributed by atoms with van der Waals surface area (Å²) >= 11 is 22.6. The lowest BCUT2D eigenvalue weighted by Crippen LogP contribution is -2.11. The van der Waals surface area contributed by atoms with Crippen LogP contribution < -0.4 is 5.73 Å². The van der Waals surface area contributed by atoms with Crippen LogP contribution in [-0.2, 0) is 4.74 Å². The molecular formula is C9H6Cl4N2O2. The van der Waals surface area contributed by atoms with Gasteiger partial charge in [0.05, 0.1) is 10.7 Å². The highest BCUT2D eigenvalue weighted by Gasteiger charge is 2.20. The first-order valence-corrected chi connectivity index (χ1v) is 5.66. The van der Waals surface area contributed by atoms with Crippen LogP contribution in [0.25, 0.3) is 0 Å². The van der Waals surface area contributed by atoms with E-state index in [0.717, 1.165) is 0 Å². The summed E-state index contributed by atoms with van der Waals surface area (Å²) in [7, 11) is 0. The molecule has 0 aliphatic rings. The Balaban J connectivity index is 3.06. The van der Waals surface area contributed by atoms with Crippen LogP contribution >= 0.6 is 46.4 Å². The van der Waals surface area contributed by atoms with Crippen molar-refractivity contribution in [3.8, 4) is 0 Å². The molecule has 0 spiro atoms. The van der Waals surface area contributed by atoms with Gasteiger partial charge in [-0.15, -0.1) is 0 Å². The second-order valence-corrected chi connectivity index (χ2v) is 4.53. The van der Waals surface area contributed by atoms with E-state index in [9.17, 15) is 4.79 Å². The van der Waals surface area contributed by atoms with Crippen LogP contribution in [0.5, 0.6) is 0 Å². The number of hydrogen-bond donors (Lipinski definition) is 1. The predicted molar refractivity (Wildman–Crippen MR) is 69.0 cm³/mol. The SMILES string of the molecule is C=C(Cl)COC(=O)c1nc(Cl)c(Cl)c(N)c1Cl. The number of nitrogen functional groups attached to an aromatic ring is 1. The maximum atomic E-state index is 11.6. The fraction of sp³-hybridized carbons (Fsp3) is 0.111. The lowest BCUT2D eigenvalue weighted by Gasteiger charge is -2.08. The Morgan fingerprint density at radius 3 is 2.47 bits per heavy atom. The fourth-order valence-corrected chi connectivity index (χ4v) is 1.52. The highest BCUT2D eigenvalue weighted by Crippen LogP contribution is 2.34. The molecule has 4 nitrogen and oxygen atoms in total. The Hall–Kier alpha value is -0.680. The molecule has 0 aromatic carbocycles. The van der Waals surface area contributed by atoms with Crippen LogP contribution in [0.1, 0.15) is 10.5 Å². The molecule has 0 radical (unpaired) electrons. The normalized spacial score (nSPS) is 10.1. The molecule has 0 aliphatic heterocycles. The number of rotatable bonds is 3. The van der Waals surface area contributed by atoms with Crippen LogP contribution in [0.15, 0.2) is 11.6 Å². The van der Waals surface area contributed by atoms with E-state index >= 15 is 0 Å². The number of nitrogens with two attached hydrogens (primary N) is 1. The van der Waals surface area contributed by atoms with E-state index in [4.69, 9.17) is 56.9 Å². The summed E-state index contributed by atoms with van der Waals surface area (Å²) in [6.45, 7) is 3.19. The number of ether oxygens (including phenoxy) is 1. The topological polar surface area (TPSA) is 65.2 Å². The summed E-state index contributed by atoms with van der Waals surface area (Å²) in [6.07, 6.45) is 0. The van der Waals surface area contributed by atoms with E-state index in [0.29, 0.717) is 0 Å². The zero-order valence-corrected chi connectivity index (χ0v) is 11.3. The van der Waals surface area contributed by atoms with E-state index in [2.05, 4.69) is 11.6 Å². The number of hydrogen-bond acceptors (Lipinski definition) is 4. The van der Waals surface area contributed by atoms with Crippen molar-refractivity contribution in [2.45, 2.75) is 0 Å². The summed E-state index contributed by atoms with van der Waals surface area (Å²) < 4.78 is 4.75. The summed E-state index contributed by atoms with van der Waals surface area (Å²) in [6, 6.07) is 0. The van der Waals surface area contributed by atoms with Gasteiger partial charge in [-0.05, 0) is 0 Å². The minimum Gasteiger partial charge on any atom is -0.455 e. The molecule has 0 fully saturated rings. The molecule has 1 aromatic rings. The molecule has 92 valence electrons. The smallest absolute Gasteiger partial charge is 0.359 e. The van der Waals surface area contributed by atoms with Crippen LogP contribution in [0, 0.1) is 0 Å². The maximum Gasteiger partial charge on any atom is 0.359 e. The van der Waals surface area contributed by atoms with Crippen molar-refractivity contribution < 1.29 is 9.53 Å². The number of halogens is 4. The first-order chi connectivity index (χ1) is 7.84. The Morgan fingerprint density at radius 1 is 1.35 bits per heavy atom. The first-order valence-electron chi connectivity index (χ1n) is 4.15. The van der Waals surface area contributed by atoms with E-state index in [-0.39, 0.29) is 38.2 Å². The Bertz CT molecular complexity index is 490. The van der Waals surface area contributed by atoms with Crippen molar-refractivity contribution in [1.29, 1.82) is 0 Å². The van der Waals surface area contributed by atoms with Gasteiger partial charge in [-0.25, -0.2) is 9.78 Å². The van der Waals surface area contributed by atoms with E-state index in [1.165, 1.54) is 0 Å². The minimum atomic E-state index is -0.818. The van der Waals surface area contributed by atoms with Crippen molar-refractivity contribution in [3.05, 3.63) is 32.5 Å². The van der Waals surface area contributed by atoms with Gasteiger partial charge in [0.1, 0.15) is 11.6 Å². The van der Waals surface area contributed by atoms with Gasteiger partial charge in [0.2, 0.25) is 0 Å². The molecule has 2 N–H and O–H groups in total. The molecule has 0 unspecified atom stereocenters. The van der Waals surface area contributed by atoms with Crippen LogP contribution in [0.2, 0.25) is 15.2 Å². The number of pyridine rings is 1. The summed E-state index contributed by atoms with van der Waals surface area (Å²) in [5.41, 5.74) is 5.27. The minimum absolute atomic E-state index is 0.0185. The molecule has 0 amide bonds. The average molecular weight is 316 g/mol. The molecule has 1 rings (SSSR count). The maximum absolute atomic E-state index is 11.6. The van der Waals surface area contributed by atoms with Crippen molar-refractivity contribution in [3.63, 3.8) is 0 Å². The third-order valence-corrected chi connectivity index (χ3v) is 2.87. The number of aromatic nitrogens is 1. The lowest BCUT2D eigenvalue weighted by molar-refractivity contribution is 0.0539. The number of esters is 1. The van der Waals surface area contributed by atoms with Gasteiger partial charge >= 0.3 is 5.97 Å². The second-order valence-electron chi connectivity index (χ2n) is 2.89.